The van der Waals surface area contributed by atoms with Crippen LogP contribution in [0.25, 0.3) is 10.9 Å². The molecule has 0 radical (unpaired) electrons. The number of piperazine rings is 1. The third kappa shape index (κ3) is 5.91. The quantitative estimate of drug-likeness (QED) is 0.419. The lowest BCUT2D eigenvalue weighted by atomic mass is 10.0. The van der Waals surface area contributed by atoms with Gasteiger partial charge in [-0.1, -0.05) is 36.5 Å². The van der Waals surface area contributed by atoms with E-state index in [-0.39, 0.29) is 24.3 Å². The lowest BCUT2D eigenvalue weighted by Gasteiger charge is -2.32. The van der Waals surface area contributed by atoms with Crippen LogP contribution in [0.1, 0.15) is 35.0 Å². The molecule has 3 aromatic rings. The van der Waals surface area contributed by atoms with Gasteiger partial charge >= 0.3 is 6.03 Å². The van der Waals surface area contributed by atoms with E-state index in [1.807, 2.05) is 31.3 Å². The fourth-order valence-corrected chi connectivity index (χ4v) is 4.99. The van der Waals surface area contributed by atoms with Gasteiger partial charge in [-0.05, 0) is 31.5 Å². The summed E-state index contributed by atoms with van der Waals surface area (Å²) >= 11 is 1.45. The molecule has 3 N–H and O–H groups in total. The van der Waals surface area contributed by atoms with Crippen molar-refractivity contribution in [3.05, 3.63) is 47.1 Å². The average Bonchev–Trinajstić information content (AvgIpc) is 3.46. The Morgan fingerprint density at radius 1 is 1.21 bits per heavy atom. The predicted octanol–water partition coefficient (Wildman–Crippen LogP) is 3.27. The van der Waals surface area contributed by atoms with Crippen LogP contribution in [0.4, 0.5) is 9.93 Å². The third-order valence-corrected chi connectivity index (χ3v) is 7.09. The SMILES string of the molecule is CCCNC(=O)NC(CC(=O)c1cnc(N2CCN(C)CC2)s1)Cc1c[nH]c2ccccc12. The maximum absolute atomic E-state index is 13.2. The number of para-hydroxylation sites is 1. The van der Waals surface area contributed by atoms with Gasteiger partial charge in [0.1, 0.15) is 0 Å². The molecule has 3 heterocycles. The Balaban J connectivity index is 1.46. The van der Waals surface area contributed by atoms with Gasteiger partial charge in [0, 0.05) is 62.3 Å². The summed E-state index contributed by atoms with van der Waals surface area (Å²) < 4.78 is 0. The number of anilines is 1. The molecule has 2 aromatic heterocycles. The number of fused-ring (bicyclic) bond motifs is 1. The van der Waals surface area contributed by atoms with Gasteiger partial charge in [-0.15, -0.1) is 0 Å². The highest BCUT2D eigenvalue weighted by atomic mass is 32.1. The number of carbonyl (C=O) groups is 2. The first kappa shape index (κ1) is 23.3. The lowest BCUT2D eigenvalue weighted by molar-refractivity contribution is 0.0974. The third-order valence-electron chi connectivity index (χ3n) is 5.99. The van der Waals surface area contributed by atoms with Gasteiger partial charge in [-0.25, -0.2) is 9.78 Å². The van der Waals surface area contributed by atoms with Crippen molar-refractivity contribution >= 4 is 39.2 Å². The van der Waals surface area contributed by atoms with Crippen LogP contribution in [0.3, 0.4) is 0 Å². The van der Waals surface area contributed by atoms with Gasteiger partial charge < -0.3 is 25.4 Å². The molecule has 1 saturated heterocycles. The Kier molecular flexibility index (Phi) is 7.61. The Morgan fingerprint density at radius 2 is 2.00 bits per heavy atom. The molecule has 176 valence electrons. The van der Waals surface area contributed by atoms with E-state index in [1.165, 1.54) is 11.3 Å². The summed E-state index contributed by atoms with van der Waals surface area (Å²) in [4.78, 5) is 38.5. The number of nitrogens with zero attached hydrogens (tertiary/aromatic N) is 3. The number of rotatable bonds is 9. The van der Waals surface area contributed by atoms with Gasteiger partial charge in [0.25, 0.3) is 0 Å². The van der Waals surface area contributed by atoms with Crippen LogP contribution in [0.2, 0.25) is 0 Å². The lowest BCUT2D eigenvalue weighted by Crippen LogP contribution is -2.44. The molecule has 33 heavy (non-hydrogen) atoms. The molecule has 1 aromatic carbocycles. The molecule has 1 aliphatic rings. The first-order valence-electron chi connectivity index (χ1n) is 11.6. The number of amides is 2. The number of thiazole rings is 1. The van der Waals surface area contributed by atoms with Crippen LogP contribution >= 0.6 is 11.3 Å². The fraction of sp³-hybridized carbons (Fsp3) is 0.458. The number of nitrogens with one attached hydrogen (secondary N) is 3. The highest BCUT2D eigenvalue weighted by molar-refractivity contribution is 7.17. The number of likely N-dealkylation sites (N-methyl/N-ethyl adjacent to an activating group) is 1. The molecular formula is C24H32N6O2S. The Bertz CT molecular complexity index is 1090. The molecule has 1 unspecified atom stereocenters. The van der Waals surface area contributed by atoms with E-state index in [0.29, 0.717) is 17.8 Å². The molecule has 0 spiro atoms. The van der Waals surface area contributed by atoms with Gasteiger partial charge in [0.05, 0.1) is 11.1 Å². The molecule has 1 atom stereocenters. The summed E-state index contributed by atoms with van der Waals surface area (Å²) in [5, 5.41) is 7.88. The van der Waals surface area contributed by atoms with Crippen LogP contribution in [0, 0.1) is 0 Å². The van der Waals surface area contributed by atoms with E-state index in [4.69, 9.17) is 0 Å². The Morgan fingerprint density at radius 3 is 2.79 bits per heavy atom. The zero-order valence-electron chi connectivity index (χ0n) is 19.3. The van der Waals surface area contributed by atoms with Crippen LogP contribution in [0.5, 0.6) is 0 Å². The zero-order valence-corrected chi connectivity index (χ0v) is 20.1. The molecule has 0 bridgehead atoms. The standard InChI is InChI=1S/C24H32N6O2S/c1-3-8-25-23(32)28-18(13-17-15-26-20-7-5-4-6-19(17)20)14-21(31)22-16-27-24(33-22)30-11-9-29(2)10-12-30/h4-7,15-16,18,26H,3,8-14H2,1-2H3,(H2,25,28,32). The summed E-state index contributed by atoms with van der Waals surface area (Å²) in [6, 6.07) is 7.51. The number of ketones is 1. The molecule has 9 heteroatoms. The average molecular weight is 469 g/mol. The number of hydrogen-bond donors (Lipinski definition) is 3. The Hall–Kier alpha value is -2.91. The van der Waals surface area contributed by atoms with Gasteiger partial charge in [0.15, 0.2) is 10.9 Å². The van der Waals surface area contributed by atoms with Crippen molar-refractivity contribution in [2.75, 3.05) is 44.7 Å². The summed E-state index contributed by atoms with van der Waals surface area (Å²) in [7, 11) is 2.12. The number of aromatic amines is 1. The van der Waals surface area contributed by atoms with E-state index in [0.717, 1.165) is 54.2 Å². The van der Waals surface area contributed by atoms with E-state index in [9.17, 15) is 9.59 Å². The second-order valence-corrected chi connectivity index (χ2v) is 9.59. The summed E-state index contributed by atoms with van der Waals surface area (Å²) in [5.41, 5.74) is 2.13. The van der Waals surface area contributed by atoms with Crippen molar-refractivity contribution in [1.29, 1.82) is 0 Å². The highest BCUT2D eigenvalue weighted by Gasteiger charge is 2.23. The van der Waals surface area contributed by atoms with Gasteiger partial charge in [0.2, 0.25) is 0 Å². The topological polar surface area (TPSA) is 93.4 Å². The van der Waals surface area contributed by atoms with Crippen molar-refractivity contribution in [2.24, 2.45) is 0 Å². The van der Waals surface area contributed by atoms with Gasteiger partial charge in [-0.3, -0.25) is 4.79 Å². The molecule has 0 aliphatic carbocycles. The second-order valence-electron chi connectivity index (χ2n) is 8.59. The summed E-state index contributed by atoms with van der Waals surface area (Å²) in [5.74, 6) is 0.00788. The monoisotopic (exact) mass is 468 g/mol. The second kappa shape index (κ2) is 10.8. The number of urea groups is 1. The fourth-order valence-electron chi connectivity index (χ4n) is 4.08. The molecule has 1 aliphatic heterocycles. The number of aromatic nitrogens is 2. The molecular weight excluding hydrogens is 436 g/mol. The summed E-state index contributed by atoms with van der Waals surface area (Å²) in [6.07, 6.45) is 5.30. The van der Waals surface area contributed by atoms with E-state index >= 15 is 0 Å². The Labute approximate surface area is 198 Å². The van der Waals surface area contributed by atoms with E-state index < -0.39 is 0 Å². The minimum atomic E-state index is -0.317. The molecule has 0 saturated carbocycles. The van der Waals surface area contributed by atoms with Crippen molar-refractivity contribution in [1.82, 2.24) is 25.5 Å². The van der Waals surface area contributed by atoms with Crippen LogP contribution in [-0.4, -0.2) is 72.5 Å². The number of hydrogen-bond acceptors (Lipinski definition) is 6. The molecule has 2 amide bonds. The largest absolute Gasteiger partial charge is 0.361 e. The normalized spacial score (nSPS) is 15.5. The molecule has 8 nitrogen and oxygen atoms in total. The molecule has 4 rings (SSSR count). The number of Topliss-reactive ketones (excluding diaryl/α,β-unsaturated/α-hetero) is 1. The van der Waals surface area contributed by atoms with Crippen molar-refractivity contribution in [3.63, 3.8) is 0 Å². The van der Waals surface area contributed by atoms with Crippen LogP contribution in [-0.2, 0) is 6.42 Å². The number of benzene rings is 1. The molecule has 1 fully saturated rings. The highest BCUT2D eigenvalue weighted by Crippen LogP contribution is 2.26. The van der Waals surface area contributed by atoms with Crippen molar-refractivity contribution in [3.8, 4) is 0 Å². The number of H-pyrrole nitrogens is 1. The minimum Gasteiger partial charge on any atom is -0.361 e. The van der Waals surface area contributed by atoms with Crippen LogP contribution < -0.4 is 15.5 Å². The zero-order chi connectivity index (χ0) is 23.2. The van der Waals surface area contributed by atoms with Crippen molar-refractivity contribution in [2.45, 2.75) is 32.2 Å². The van der Waals surface area contributed by atoms with E-state index in [1.54, 1.807) is 6.20 Å². The van der Waals surface area contributed by atoms with E-state index in [2.05, 4.69) is 43.5 Å². The first-order chi connectivity index (χ1) is 16.0. The first-order valence-corrected chi connectivity index (χ1v) is 12.4. The van der Waals surface area contributed by atoms with Gasteiger partial charge in [-0.2, -0.15) is 0 Å². The minimum absolute atomic E-state index is 0.00788. The number of carbonyl (C=O) groups excluding carboxylic acids is 2. The maximum Gasteiger partial charge on any atom is 0.315 e. The van der Waals surface area contributed by atoms with Crippen LogP contribution in [0.15, 0.2) is 36.7 Å². The summed E-state index contributed by atoms with van der Waals surface area (Å²) in [6.45, 7) is 6.43. The smallest absolute Gasteiger partial charge is 0.315 e. The van der Waals surface area contributed by atoms with Crippen molar-refractivity contribution < 1.29 is 9.59 Å². The predicted molar refractivity (Wildman–Crippen MR) is 133 cm³/mol. The maximum atomic E-state index is 13.2.